The minimum Gasteiger partial charge on any atom is -0.392 e. The van der Waals surface area contributed by atoms with E-state index in [0.717, 1.165) is 0 Å². The maximum Gasteiger partial charge on any atom is 0.241 e. The molecule has 16 heavy (non-hydrogen) atoms. The zero-order valence-corrected chi connectivity index (χ0v) is 9.53. The molecular formula is C10H12N2O3S. The summed E-state index contributed by atoms with van der Waals surface area (Å²) in [6.07, 6.45) is -0.774. The lowest BCUT2D eigenvalue weighted by Crippen LogP contribution is -2.31. The van der Waals surface area contributed by atoms with Crippen LogP contribution in [-0.2, 0) is 10.0 Å². The molecule has 0 spiro atoms. The standard InChI is InChI=1S/C10H12N2O3S/c1-8(13)7-12-16(14,15)10-5-3-2-4-9(10)6-11/h2-5,8,12-13H,7H2,1H3/t8-/m1/s1. The summed E-state index contributed by atoms with van der Waals surface area (Å²) in [5.41, 5.74) is 0.0839. The minimum absolute atomic E-state index is 0.0712. The molecule has 1 atom stereocenters. The highest BCUT2D eigenvalue weighted by atomic mass is 32.2. The predicted molar refractivity (Wildman–Crippen MR) is 58.0 cm³/mol. The van der Waals surface area contributed by atoms with Crippen LogP contribution in [0.2, 0.25) is 0 Å². The summed E-state index contributed by atoms with van der Waals surface area (Å²) < 4.78 is 25.7. The Bertz CT molecular complexity index is 503. The molecule has 0 aromatic heterocycles. The highest BCUT2D eigenvalue weighted by Gasteiger charge is 2.17. The van der Waals surface area contributed by atoms with Crippen LogP contribution < -0.4 is 4.72 Å². The van der Waals surface area contributed by atoms with E-state index >= 15 is 0 Å². The summed E-state index contributed by atoms with van der Waals surface area (Å²) in [6.45, 7) is 1.39. The zero-order chi connectivity index (χ0) is 12.2. The second-order valence-electron chi connectivity index (χ2n) is 3.31. The molecule has 2 N–H and O–H groups in total. The third-order valence-electron chi connectivity index (χ3n) is 1.87. The van der Waals surface area contributed by atoms with Gasteiger partial charge in [0.15, 0.2) is 0 Å². The maximum absolute atomic E-state index is 11.7. The number of rotatable bonds is 4. The largest absolute Gasteiger partial charge is 0.392 e. The van der Waals surface area contributed by atoms with Crippen molar-refractivity contribution in [2.45, 2.75) is 17.9 Å². The molecule has 0 aliphatic rings. The fraction of sp³-hybridized carbons (Fsp3) is 0.300. The predicted octanol–water partition coefficient (Wildman–Crippen LogP) is 0.217. The van der Waals surface area contributed by atoms with Gasteiger partial charge in [0.05, 0.1) is 16.6 Å². The van der Waals surface area contributed by atoms with Crippen molar-refractivity contribution >= 4 is 10.0 Å². The summed E-state index contributed by atoms with van der Waals surface area (Å²) in [5, 5.41) is 17.8. The molecule has 0 saturated heterocycles. The van der Waals surface area contributed by atoms with Gasteiger partial charge in [-0.2, -0.15) is 5.26 Å². The first-order valence-corrected chi connectivity index (χ1v) is 6.12. The van der Waals surface area contributed by atoms with Gasteiger partial charge >= 0.3 is 0 Å². The SMILES string of the molecule is C[C@@H](O)CNS(=O)(=O)c1ccccc1C#N. The van der Waals surface area contributed by atoms with Crippen molar-refractivity contribution in [3.63, 3.8) is 0 Å². The van der Waals surface area contributed by atoms with Gasteiger partial charge in [0.1, 0.15) is 6.07 Å². The van der Waals surface area contributed by atoms with Gasteiger partial charge in [-0.3, -0.25) is 0 Å². The molecule has 5 nitrogen and oxygen atoms in total. The van der Waals surface area contributed by atoms with E-state index in [-0.39, 0.29) is 17.0 Å². The first-order valence-electron chi connectivity index (χ1n) is 4.64. The van der Waals surface area contributed by atoms with E-state index in [1.165, 1.54) is 25.1 Å². The normalized spacial score (nSPS) is 13.1. The molecule has 0 fully saturated rings. The van der Waals surface area contributed by atoms with Crippen molar-refractivity contribution < 1.29 is 13.5 Å². The van der Waals surface area contributed by atoms with Crippen LogP contribution >= 0.6 is 0 Å². The molecule has 0 radical (unpaired) electrons. The Kier molecular flexibility index (Phi) is 4.01. The van der Waals surface area contributed by atoms with Gasteiger partial charge in [0, 0.05) is 6.54 Å². The number of hydrogen-bond donors (Lipinski definition) is 2. The van der Waals surface area contributed by atoms with Gasteiger partial charge in [0.25, 0.3) is 0 Å². The molecule has 0 aliphatic heterocycles. The lowest BCUT2D eigenvalue weighted by molar-refractivity contribution is 0.198. The smallest absolute Gasteiger partial charge is 0.241 e. The van der Waals surface area contributed by atoms with E-state index in [9.17, 15) is 8.42 Å². The molecule has 1 aromatic rings. The number of nitrogens with one attached hydrogen (secondary N) is 1. The molecule has 0 unspecified atom stereocenters. The molecule has 6 heteroatoms. The van der Waals surface area contributed by atoms with E-state index in [1.54, 1.807) is 6.07 Å². The minimum atomic E-state index is -3.73. The first kappa shape index (κ1) is 12.6. The lowest BCUT2D eigenvalue weighted by atomic mass is 10.2. The van der Waals surface area contributed by atoms with Crippen LogP contribution in [0.1, 0.15) is 12.5 Å². The van der Waals surface area contributed by atoms with Crippen LogP contribution in [0.25, 0.3) is 0 Å². The summed E-state index contributed by atoms with van der Waals surface area (Å²) in [5.74, 6) is 0. The third kappa shape index (κ3) is 3.03. The molecule has 0 heterocycles. The van der Waals surface area contributed by atoms with E-state index in [2.05, 4.69) is 4.72 Å². The van der Waals surface area contributed by atoms with Gasteiger partial charge in [-0.05, 0) is 19.1 Å². The quantitative estimate of drug-likeness (QED) is 0.787. The third-order valence-corrected chi connectivity index (χ3v) is 3.35. The van der Waals surface area contributed by atoms with Gasteiger partial charge in [-0.1, -0.05) is 12.1 Å². The Labute approximate surface area is 94.4 Å². The maximum atomic E-state index is 11.7. The molecular weight excluding hydrogens is 228 g/mol. The summed E-state index contributed by atoms with van der Waals surface area (Å²) in [6, 6.07) is 7.71. The van der Waals surface area contributed by atoms with Gasteiger partial charge in [0.2, 0.25) is 10.0 Å². The Hall–Kier alpha value is -1.42. The van der Waals surface area contributed by atoms with Crippen LogP contribution in [0, 0.1) is 11.3 Å². The number of nitrogens with zero attached hydrogens (tertiary/aromatic N) is 1. The fourth-order valence-corrected chi connectivity index (χ4v) is 2.38. The lowest BCUT2D eigenvalue weighted by Gasteiger charge is -2.09. The average molecular weight is 240 g/mol. The van der Waals surface area contributed by atoms with Crippen LogP contribution in [0.4, 0.5) is 0 Å². The second-order valence-corrected chi connectivity index (χ2v) is 5.04. The molecule has 0 aliphatic carbocycles. The van der Waals surface area contributed by atoms with Crippen molar-refractivity contribution in [1.29, 1.82) is 5.26 Å². The summed E-state index contributed by atoms with van der Waals surface area (Å²) in [4.78, 5) is -0.0712. The monoisotopic (exact) mass is 240 g/mol. The Balaban J connectivity index is 3.04. The van der Waals surface area contributed by atoms with Crippen molar-refractivity contribution in [3.05, 3.63) is 29.8 Å². The number of aliphatic hydroxyl groups is 1. The second kappa shape index (κ2) is 5.07. The highest BCUT2D eigenvalue weighted by Crippen LogP contribution is 2.13. The van der Waals surface area contributed by atoms with Crippen LogP contribution in [-0.4, -0.2) is 26.2 Å². The Morgan fingerprint density at radius 3 is 2.69 bits per heavy atom. The van der Waals surface area contributed by atoms with Gasteiger partial charge in [-0.15, -0.1) is 0 Å². The number of benzene rings is 1. The van der Waals surface area contributed by atoms with Gasteiger partial charge in [-0.25, -0.2) is 13.1 Å². The van der Waals surface area contributed by atoms with E-state index in [4.69, 9.17) is 10.4 Å². The first-order chi connectivity index (χ1) is 7.47. The van der Waals surface area contributed by atoms with Crippen molar-refractivity contribution in [2.75, 3.05) is 6.54 Å². The Morgan fingerprint density at radius 1 is 1.50 bits per heavy atom. The molecule has 1 rings (SSSR count). The molecule has 0 saturated carbocycles. The van der Waals surface area contributed by atoms with E-state index in [1.807, 2.05) is 6.07 Å². The van der Waals surface area contributed by atoms with Crippen molar-refractivity contribution in [3.8, 4) is 6.07 Å². The number of hydrogen-bond acceptors (Lipinski definition) is 4. The number of sulfonamides is 1. The van der Waals surface area contributed by atoms with Crippen LogP contribution in [0.5, 0.6) is 0 Å². The Morgan fingerprint density at radius 2 is 2.12 bits per heavy atom. The molecule has 1 aromatic carbocycles. The molecule has 0 amide bonds. The van der Waals surface area contributed by atoms with Crippen LogP contribution in [0.3, 0.4) is 0 Å². The number of aliphatic hydroxyl groups excluding tert-OH is 1. The average Bonchev–Trinajstić information content (AvgIpc) is 2.26. The fourth-order valence-electron chi connectivity index (χ4n) is 1.10. The van der Waals surface area contributed by atoms with E-state index < -0.39 is 16.1 Å². The van der Waals surface area contributed by atoms with Crippen LogP contribution in [0.15, 0.2) is 29.2 Å². The highest BCUT2D eigenvalue weighted by molar-refractivity contribution is 7.89. The van der Waals surface area contributed by atoms with Crippen molar-refractivity contribution in [1.82, 2.24) is 4.72 Å². The summed E-state index contributed by atoms with van der Waals surface area (Å²) in [7, 11) is -3.73. The molecule has 86 valence electrons. The zero-order valence-electron chi connectivity index (χ0n) is 8.71. The molecule has 0 bridgehead atoms. The van der Waals surface area contributed by atoms with Crippen molar-refractivity contribution in [2.24, 2.45) is 0 Å². The number of nitriles is 1. The topological polar surface area (TPSA) is 90.2 Å². The summed E-state index contributed by atoms with van der Waals surface area (Å²) >= 11 is 0. The van der Waals surface area contributed by atoms with E-state index in [0.29, 0.717) is 0 Å². The van der Waals surface area contributed by atoms with Gasteiger partial charge < -0.3 is 5.11 Å².